The van der Waals surface area contributed by atoms with Crippen molar-refractivity contribution in [3.63, 3.8) is 0 Å². The van der Waals surface area contributed by atoms with Gasteiger partial charge in [-0.25, -0.2) is 9.78 Å². The van der Waals surface area contributed by atoms with E-state index < -0.39 is 41.5 Å². The van der Waals surface area contributed by atoms with Gasteiger partial charge in [0.05, 0.1) is 5.92 Å². The van der Waals surface area contributed by atoms with E-state index in [9.17, 15) is 24.9 Å². The summed E-state index contributed by atoms with van der Waals surface area (Å²) in [6, 6.07) is 11.3. The Balaban J connectivity index is 1.74. The van der Waals surface area contributed by atoms with Gasteiger partial charge in [-0.15, -0.1) is 5.92 Å². The molecule has 46 heavy (non-hydrogen) atoms. The van der Waals surface area contributed by atoms with Crippen molar-refractivity contribution in [2.75, 3.05) is 5.73 Å². The van der Waals surface area contributed by atoms with Crippen LogP contribution in [0.3, 0.4) is 0 Å². The summed E-state index contributed by atoms with van der Waals surface area (Å²) in [7, 11) is 0. The third kappa shape index (κ3) is 5.33. The van der Waals surface area contributed by atoms with Crippen molar-refractivity contribution in [1.29, 1.82) is 0 Å². The monoisotopic (exact) mass is 622 g/mol. The molecule has 0 saturated heterocycles. The lowest BCUT2D eigenvalue weighted by Gasteiger charge is -2.43. The number of aromatic hydroxyl groups is 2. The fourth-order valence-electron chi connectivity index (χ4n) is 6.32. The number of pyridine rings is 1. The minimum atomic E-state index is -1.09. The first kappa shape index (κ1) is 30.7. The predicted molar refractivity (Wildman–Crippen MR) is 170 cm³/mol. The molecule has 0 fully saturated rings. The highest BCUT2D eigenvalue weighted by Crippen LogP contribution is 2.54. The molecule has 0 amide bonds. The molecule has 4 atom stereocenters. The number of aliphatic hydroxyl groups excluding tert-OH is 1. The average Bonchev–Trinajstić information content (AvgIpc) is 3.03. The van der Waals surface area contributed by atoms with Crippen LogP contribution < -0.4 is 15.9 Å². The van der Waals surface area contributed by atoms with Gasteiger partial charge in [-0.05, 0) is 56.2 Å². The molecule has 0 unspecified atom stereocenters. The maximum atomic E-state index is 13.6. The molecule has 2 aliphatic rings. The molecule has 4 aromatic rings. The lowest BCUT2D eigenvalue weighted by atomic mass is 9.74. The zero-order valence-electron chi connectivity index (χ0n) is 25.7. The molecule has 5 N–H and O–H groups in total. The van der Waals surface area contributed by atoms with Gasteiger partial charge in [0.15, 0.2) is 5.43 Å². The molecule has 6 rings (SSSR count). The van der Waals surface area contributed by atoms with E-state index in [1.165, 1.54) is 0 Å². The minimum Gasteiger partial charge on any atom is -0.508 e. The van der Waals surface area contributed by atoms with Crippen LogP contribution in [0.1, 0.15) is 73.5 Å². The van der Waals surface area contributed by atoms with Gasteiger partial charge < -0.3 is 34.9 Å². The number of anilines is 1. The summed E-state index contributed by atoms with van der Waals surface area (Å²) in [4.78, 5) is 30.8. The Hall–Kier alpha value is -5.27. The third-order valence-electron chi connectivity index (χ3n) is 8.89. The molecule has 2 aromatic heterocycles. The molecule has 0 saturated carbocycles. The van der Waals surface area contributed by atoms with Gasteiger partial charge >= 0.3 is 5.97 Å². The number of aliphatic hydroxyl groups is 1. The number of nitrogens with zero attached hydrogens (tertiary/aromatic N) is 1. The molecule has 2 aliphatic heterocycles. The number of phenolic OH excluding ortho intramolecular Hbond substituents is 2. The number of nitrogen functional groups attached to an aromatic ring is 1. The number of carbonyl (C=O) groups is 1. The predicted octanol–water partition coefficient (Wildman–Crippen LogP) is 4.96. The third-order valence-corrected chi connectivity index (χ3v) is 8.89. The molecule has 0 aliphatic carbocycles. The van der Waals surface area contributed by atoms with Gasteiger partial charge in [0.2, 0.25) is 0 Å². The second-order valence-corrected chi connectivity index (χ2v) is 11.9. The number of phenols is 2. The number of allylic oxidation sites excluding steroid dienone is 1. The number of esters is 1. The Kier molecular flexibility index (Phi) is 7.96. The van der Waals surface area contributed by atoms with Crippen molar-refractivity contribution in [2.45, 2.75) is 70.2 Å². The van der Waals surface area contributed by atoms with Crippen LogP contribution in [0.15, 0.2) is 69.5 Å². The van der Waals surface area contributed by atoms with Gasteiger partial charge in [-0.1, -0.05) is 24.1 Å². The molecule has 4 heterocycles. The number of carbonyl (C=O) groups excluding carboxylic acids is 1. The molecule has 0 spiro atoms. The molecule has 0 radical (unpaired) electrons. The summed E-state index contributed by atoms with van der Waals surface area (Å²) in [6.45, 7) is 4.66. The summed E-state index contributed by atoms with van der Waals surface area (Å²) in [5, 5.41) is 32.1. The van der Waals surface area contributed by atoms with E-state index in [1.807, 2.05) is 13.0 Å². The second-order valence-electron chi connectivity index (χ2n) is 11.9. The highest BCUT2D eigenvalue weighted by Gasteiger charge is 2.48. The SMILES string of the molecule is CC=C(C)C(=O)O[C@H]1Cc2c3c(c4oc(CO)cc(=O)c4c2O)[C@H](c2ccnc(N)c2)[C@@H](c2cccc(O)c2)C#CCC[C@]1(C)O3. The van der Waals surface area contributed by atoms with E-state index in [1.54, 1.807) is 56.5 Å². The smallest absolute Gasteiger partial charge is 0.333 e. The lowest BCUT2D eigenvalue weighted by molar-refractivity contribution is -0.158. The Morgan fingerprint density at radius 1 is 1.22 bits per heavy atom. The maximum absolute atomic E-state index is 13.6. The summed E-state index contributed by atoms with van der Waals surface area (Å²) in [5.41, 5.74) is 6.97. The van der Waals surface area contributed by atoms with Gasteiger partial charge in [-0.3, -0.25) is 4.79 Å². The molecule has 2 bridgehead atoms. The zero-order valence-corrected chi connectivity index (χ0v) is 25.7. The Bertz CT molecular complexity index is 2020. The standard InChI is InChI=1S/C36H34N2O8/c1-4-19(2)35(43)45-27-17-25-32(42)30-26(41)16-23(18-39)44-34(30)31-29(21-11-13-38-28(37)15-21)24(20-8-7-9-22(40)14-20)10-5-6-12-36(27,3)46-33(25)31/h4,7-9,11,13-16,24,27,29,39-40,42H,6,12,17-18H2,1-3H3,(H2,37,38)/t24-,27+,29-,36+/m1/s1. The molecule has 2 aromatic carbocycles. The fourth-order valence-corrected chi connectivity index (χ4v) is 6.32. The quantitative estimate of drug-likeness (QED) is 0.136. The number of benzene rings is 2. The van der Waals surface area contributed by atoms with E-state index in [0.717, 1.165) is 6.07 Å². The van der Waals surface area contributed by atoms with Gasteiger partial charge in [0, 0.05) is 54.1 Å². The van der Waals surface area contributed by atoms with Crippen molar-refractivity contribution in [3.05, 3.63) is 98.5 Å². The maximum Gasteiger partial charge on any atom is 0.333 e. The van der Waals surface area contributed by atoms with Crippen molar-refractivity contribution in [3.8, 4) is 29.1 Å². The van der Waals surface area contributed by atoms with E-state index in [2.05, 4.69) is 16.8 Å². The second kappa shape index (κ2) is 11.9. The van der Waals surface area contributed by atoms with Crippen LogP contribution in [0.25, 0.3) is 11.0 Å². The summed E-state index contributed by atoms with van der Waals surface area (Å²) in [5.74, 6) is 4.98. The van der Waals surface area contributed by atoms with Crippen molar-refractivity contribution in [2.24, 2.45) is 0 Å². The Morgan fingerprint density at radius 2 is 2.02 bits per heavy atom. The van der Waals surface area contributed by atoms with Crippen molar-refractivity contribution < 1.29 is 34.0 Å². The first-order valence-corrected chi connectivity index (χ1v) is 15.0. The minimum absolute atomic E-state index is 0.00891. The summed E-state index contributed by atoms with van der Waals surface area (Å²) >= 11 is 0. The largest absolute Gasteiger partial charge is 0.508 e. The van der Waals surface area contributed by atoms with Gasteiger partial charge in [0.1, 0.15) is 58.1 Å². The molecule has 236 valence electrons. The van der Waals surface area contributed by atoms with Crippen molar-refractivity contribution in [1.82, 2.24) is 4.98 Å². The average molecular weight is 623 g/mol. The van der Waals surface area contributed by atoms with E-state index in [4.69, 9.17) is 19.6 Å². The van der Waals surface area contributed by atoms with E-state index in [0.29, 0.717) is 35.1 Å². The topological polar surface area (TPSA) is 165 Å². The number of nitrogens with two attached hydrogens (primary N) is 1. The number of ether oxygens (including phenoxy) is 2. The van der Waals surface area contributed by atoms with Crippen molar-refractivity contribution >= 4 is 22.8 Å². The highest BCUT2D eigenvalue weighted by atomic mass is 16.6. The Labute approximate surface area is 265 Å². The highest BCUT2D eigenvalue weighted by molar-refractivity contribution is 5.92. The van der Waals surface area contributed by atoms with Crippen LogP contribution in [0.4, 0.5) is 5.82 Å². The first-order valence-electron chi connectivity index (χ1n) is 15.0. The zero-order chi connectivity index (χ0) is 32.7. The number of rotatable bonds is 5. The molecular formula is C36H34N2O8. The number of hydrogen-bond acceptors (Lipinski definition) is 10. The summed E-state index contributed by atoms with van der Waals surface area (Å²) < 4.78 is 19.0. The number of hydrogen-bond donors (Lipinski definition) is 4. The lowest BCUT2D eigenvalue weighted by Crippen LogP contribution is -2.51. The van der Waals surface area contributed by atoms with Gasteiger partial charge in [-0.2, -0.15) is 0 Å². The van der Waals surface area contributed by atoms with Gasteiger partial charge in [0.25, 0.3) is 0 Å². The van der Waals surface area contributed by atoms with Crippen LogP contribution in [0.2, 0.25) is 0 Å². The molecule has 10 nitrogen and oxygen atoms in total. The van der Waals surface area contributed by atoms with Crippen LogP contribution in [-0.4, -0.2) is 38.0 Å². The number of aromatic nitrogens is 1. The van der Waals surface area contributed by atoms with E-state index >= 15 is 0 Å². The van der Waals surface area contributed by atoms with Crippen LogP contribution in [-0.2, 0) is 22.6 Å². The van der Waals surface area contributed by atoms with Crippen LogP contribution in [0.5, 0.6) is 17.2 Å². The Morgan fingerprint density at radius 3 is 2.74 bits per heavy atom. The fraction of sp³-hybridized carbons (Fsp3) is 0.306. The molecule has 10 heteroatoms. The van der Waals surface area contributed by atoms with Crippen LogP contribution in [0, 0.1) is 11.8 Å². The molecular weight excluding hydrogens is 588 g/mol. The normalized spacial score (nSPS) is 22.3. The first-order chi connectivity index (χ1) is 22.0. The van der Waals surface area contributed by atoms with E-state index in [-0.39, 0.29) is 51.8 Å². The number of fused-ring (bicyclic) bond motifs is 3. The van der Waals surface area contributed by atoms with Crippen LogP contribution >= 0.6 is 0 Å². The summed E-state index contributed by atoms with van der Waals surface area (Å²) in [6.07, 6.45) is 3.17.